The molecule has 8 heteroatoms. The molecule has 1 aliphatic rings. The molecule has 114 valence electrons. The summed E-state index contributed by atoms with van der Waals surface area (Å²) in [6.45, 7) is 0.357. The van der Waals surface area contributed by atoms with Crippen molar-refractivity contribution >= 4 is 23.5 Å². The molecule has 1 aromatic carbocycles. The normalized spacial score (nSPS) is 18.6. The lowest BCUT2D eigenvalue weighted by atomic mass is 10.1. The molecule has 1 saturated heterocycles. The van der Waals surface area contributed by atoms with Crippen LogP contribution in [0.5, 0.6) is 0 Å². The Morgan fingerprint density at radius 2 is 2.10 bits per heavy atom. The van der Waals surface area contributed by atoms with E-state index in [0.29, 0.717) is 6.07 Å². The first kappa shape index (κ1) is 15.7. The van der Waals surface area contributed by atoms with Crippen molar-refractivity contribution in [3.63, 3.8) is 0 Å². The number of carboxylic acid groups (broad SMARTS) is 1. The molecular weight excluding hydrogens is 308 g/mol. The first-order valence-corrected chi connectivity index (χ1v) is 6.53. The van der Waals surface area contributed by atoms with Gasteiger partial charge in [-0.15, -0.1) is 0 Å². The van der Waals surface area contributed by atoms with Gasteiger partial charge in [0.15, 0.2) is 0 Å². The molecule has 1 atom stereocenters. The van der Waals surface area contributed by atoms with Crippen LogP contribution in [-0.2, 0) is 9.53 Å². The SMILES string of the molecule is O=C(O)CC1COCCN1C(=O)c1cc(F)c(Cl)cc1F. The van der Waals surface area contributed by atoms with E-state index in [4.69, 9.17) is 21.4 Å². The molecule has 1 unspecified atom stereocenters. The van der Waals surface area contributed by atoms with Crippen LogP contribution in [0.4, 0.5) is 8.78 Å². The number of carbonyl (C=O) groups is 2. The van der Waals surface area contributed by atoms with Gasteiger partial charge in [0.2, 0.25) is 0 Å². The van der Waals surface area contributed by atoms with Crippen LogP contribution in [0.2, 0.25) is 5.02 Å². The number of amides is 1. The second kappa shape index (κ2) is 6.36. The number of nitrogens with zero attached hydrogens (tertiary/aromatic N) is 1. The quantitative estimate of drug-likeness (QED) is 0.865. The Balaban J connectivity index is 2.28. The van der Waals surface area contributed by atoms with Gasteiger partial charge >= 0.3 is 5.97 Å². The standard InChI is InChI=1S/C13H12ClF2NO4/c14-9-5-10(15)8(4-11(9)16)13(20)17-1-2-21-6-7(17)3-12(18)19/h4-5,7H,1-3,6H2,(H,18,19). The summed E-state index contributed by atoms with van der Waals surface area (Å²) in [7, 11) is 0. The number of carbonyl (C=O) groups excluding carboxylic acids is 1. The van der Waals surface area contributed by atoms with E-state index in [9.17, 15) is 18.4 Å². The summed E-state index contributed by atoms with van der Waals surface area (Å²) in [4.78, 5) is 24.3. The number of hydrogen-bond donors (Lipinski definition) is 1. The average molecular weight is 320 g/mol. The predicted molar refractivity (Wildman–Crippen MR) is 69.3 cm³/mol. The minimum Gasteiger partial charge on any atom is -0.481 e. The highest BCUT2D eigenvalue weighted by Gasteiger charge is 2.31. The predicted octanol–water partition coefficient (Wildman–Crippen LogP) is 1.93. The van der Waals surface area contributed by atoms with Crippen molar-refractivity contribution < 1.29 is 28.2 Å². The molecule has 0 radical (unpaired) electrons. The molecule has 2 rings (SSSR count). The van der Waals surface area contributed by atoms with Crippen molar-refractivity contribution in [3.05, 3.63) is 34.4 Å². The maximum absolute atomic E-state index is 13.8. The Labute approximate surface area is 124 Å². The smallest absolute Gasteiger partial charge is 0.305 e. The lowest BCUT2D eigenvalue weighted by Crippen LogP contribution is -2.49. The van der Waals surface area contributed by atoms with E-state index < -0.39 is 40.1 Å². The Hall–Kier alpha value is -1.73. The zero-order chi connectivity index (χ0) is 15.6. The van der Waals surface area contributed by atoms with Gasteiger partial charge in [0.1, 0.15) is 11.6 Å². The summed E-state index contributed by atoms with van der Waals surface area (Å²) in [5.74, 6) is -3.75. The number of morpholine rings is 1. The number of carboxylic acids is 1. The van der Waals surface area contributed by atoms with Gasteiger partial charge in [-0.3, -0.25) is 9.59 Å². The fraction of sp³-hybridized carbons (Fsp3) is 0.385. The van der Waals surface area contributed by atoms with Crippen LogP contribution in [0.1, 0.15) is 16.8 Å². The highest BCUT2D eigenvalue weighted by atomic mass is 35.5. The van der Waals surface area contributed by atoms with Crippen LogP contribution in [0.15, 0.2) is 12.1 Å². The van der Waals surface area contributed by atoms with Gasteiger partial charge in [-0.25, -0.2) is 8.78 Å². The van der Waals surface area contributed by atoms with Crippen molar-refractivity contribution in [1.82, 2.24) is 4.90 Å². The maximum atomic E-state index is 13.8. The average Bonchev–Trinajstić information content (AvgIpc) is 2.42. The van der Waals surface area contributed by atoms with Crippen LogP contribution in [0.25, 0.3) is 0 Å². The van der Waals surface area contributed by atoms with Gasteiger partial charge < -0.3 is 14.7 Å². The summed E-state index contributed by atoms with van der Waals surface area (Å²) in [5.41, 5.74) is -0.478. The van der Waals surface area contributed by atoms with E-state index >= 15 is 0 Å². The Kier molecular flexibility index (Phi) is 4.74. The Bertz CT molecular complexity index is 582. The van der Waals surface area contributed by atoms with Crippen LogP contribution < -0.4 is 0 Å². The molecule has 0 bridgehead atoms. The van der Waals surface area contributed by atoms with Crippen LogP contribution in [0.3, 0.4) is 0 Å². The zero-order valence-electron chi connectivity index (χ0n) is 10.8. The van der Waals surface area contributed by atoms with E-state index in [-0.39, 0.29) is 26.2 Å². The summed E-state index contributed by atoms with van der Waals surface area (Å²) in [5, 5.41) is 8.40. The van der Waals surface area contributed by atoms with Gasteiger partial charge in [0, 0.05) is 6.54 Å². The summed E-state index contributed by atoms with van der Waals surface area (Å²) in [6, 6.07) is 0.714. The van der Waals surface area contributed by atoms with Gasteiger partial charge in [0.25, 0.3) is 5.91 Å². The summed E-state index contributed by atoms with van der Waals surface area (Å²) in [6.07, 6.45) is -0.330. The second-order valence-electron chi connectivity index (χ2n) is 4.57. The van der Waals surface area contributed by atoms with E-state index in [1.54, 1.807) is 0 Å². The van der Waals surface area contributed by atoms with E-state index in [1.807, 2.05) is 0 Å². The van der Waals surface area contributed by atoms with E-state index in [0.717, 1.165) is 6.07 Å². The van der Waals surface area contributed by atoms with E-state index in [1.165, 1.54) is 4.90 Å². The highest BCUT2D eigenvalue weighted by Crippen LogP contribution is 2.22. The lowest BCUT2D eigenvalue weighted by molar-refractivity contribution is -0.139. The van der Waals surface area contributed by atoms with Gasteiger partial charge in [-0.2, -0.15) is 0 Å². The molecule has 1 aromatic rings. The molecule has 5 nitrogen and oxygen atoms in total. The minimum absolute atomic E-state index is 0.0374. The molecule has 1 fully saturated rings. The third-order valence-electron chi connectivity index (χ3n) is 3.14. The first-order valence-electron chi connectivity index (χ1n) is 6.15. The molecule has 0 saturated carbocycles. The molecular formula is C13H12ClF2NO4. The van der Waals surface area contributed by atoms with Gasteiger partial charge in [-0.1, -0.05) is 11.6 Å². The number of benzene rings is 1. The number of aliphatic carboxylic acids is 1. The number of halogens is 3. The topological polar surface area (TPSA) is 66.8 Å². The number of hydrogen-bond acceptors (Lipinski definition) is 3. The molecule has 1 heterocycles. The fourth-order valence-corrected chi connectivity index (χ4v) is 2.28. The minimum atomic E-state index is -1.11. The monoisotopic (exact) mass is 319 g/mol. The third-order valence-corrected chi connectivity index (χ3v) is 3.43. The zero-order valence-corrected chi connectivity index (χ0v) is 11.6. The first-order chi connectivity index (χ1) is 9.90. The third kappa shape index (κ3) is 3.48. The van der Waals surface area contributed by atoms with Crippen LogP contribution in [-0.4, -0.2) is 47.7 Å². The maximum Gasteiger partial charge on any atom is 0.305 e. The second-order valence-corrected chi connectivity index (χ2v) is 4.98. The molecule has 1 aliphatic heterocycles. The lowest BCUT2D eigenvalue weighted by Gasteiger charge is -2.35. The molecule has 1 amide bonds. The van der Waals surface area contributed by atoms with Crippen molar-refractivity contribution in [1.29, 1.82) is 0 Å². The Morgan fingerprint density at radius 1 is 1.38 bits per heavy atom. The molecule has 1 N–H and O–H groups in total. The van der Waals surface area contributed by atoms with Crippen molar-refractivity contribution in [2.75, 3.05) is 19.8 Å². The molecule has 0 aromatic heterocycles. The van der Waals surface area contributed by atoms with Gasteiger partial charge in [-0.05, 0) is 12.1 Å². The van der Waals surface area contributed by atoms with Crippen molar-refractivity contribution in [2.45, 2.75) is 12.5 Å². The summed E-state index contributed by atoms with van der Waals surface area (Å²) < 4.78 is 32.3. The highest BCUT2D eigenvalue weighted by molar-refractivity contribution is 6.30. The largest absolute Gasteiger partial charge is 0.481 e. The number of rotatable bonds is 3. The molecule has 0 aliphatic carbocycles. The fourth-order valence-electron chi connectivity index (χ4n) is 2.13. The van der Waals surface area contributed by atoms with E-state index in [2.05, 4.69) is 0 Å². The van der Waals surface area contributed by atoms with Crippen LogP contribution in [0, 0.1) is 11.6 Å². The van der Waals surface area contributed by atoms with Crippen LogP contribution >= 0.6 is 11.6 Å². The van der Waals surface area contributed by atoms with Gasteiger partial charge in [0.05, 0.1) is 36.3 Å². The Morgan fingerprint density at radius 3 is 2.76 bits per heavy atom. The molecule has 0 spiro atoms. The number of ether oxygens (including phenoxy) is 1. The summed E-state index contributed by atoms with van der Waals surface area (Å²) >= 11 is 5.44. The molecule has 21 heavy (non-hydrogen) atoms. The van der Waals surface area contributed by atoms with Crippen molar-refractivity contribution in [2.24, 2.45) is 0 Å². The van der Waals surface area contributed by atoms with Crippen molar-refractivity contribution in [3.8, 4) is 0 Å².